The Kier molecular flexibility index (Phi) is 5.26. The Morgan fingerprint density at radius 3 is 2.64 bits per heavy atom. The molecule has 1 aromatic heterocycles. The van der Waals surface area contributed by atoms with Gasteiger partial charge in [-0.15, -0.1) is 0 Å². The van der Waals surface area contributed by atoms with Crippen LogP contribution in [-0.4, -0.2) is 24.2 Å². The van der Waals surface area contributed by atoms with Crippen molar-refractivity contribution in [1.29, 1.82) is 0 Å². The molecule has 120 valence electrons. The van der Waals surface area contributed by atoms with Crippen LogP contribution in [0.15, 0.2) is 35.5 Å². The zero-order valence-electron chi connectivity index (χ0n) is 12.9. The smallest absolute Gasteiger partial charge is 0.176 e. The van der Waals surface area contributed by atoms with Gasteiger partial charge in [0.05, 0.1) is 16.5 Å². The van der Waals surface area contributed by atoms with Crippen molar-refractivity contribution >= 4 is 21.4 Å². The first-order chi connectivity index (χ1) is 10.3. The van der Waals surface area contributed by atoms with Crippen LogP contribution in [0.4, 0.5) is 0 Å². The first-order valence-electron chi connectivity index (χ1n) is 7.00. The molecule has 1 N–H and O–H groups in total. The summed E-state index contributed by atoms with van der Waals surface area (Å²) in [5.74, 6) is 0.967. The second-order valence-electron chi connectivity index (χ2n) is 5.48. The van der Waals surface area contributed by atoms with E-state index in [0.29, 0.717) is 19.1 Å². The standard InChI is InChI=1S/C15H20ClN3O2S/c1-11(2)19-7-6-18-15(19)10-17-9-12-4-5-14(13(16)8-12)22(3,20)21/h4-8,11,17H,9-10H2,1-3H3. The van der Waals surface area contributed by atoms with Gasteiger partial charge in [0.15, 0.2) is 9.84 Å². The highest BCUT2D eigenvalue weighted by Crippen LogP contribution is 2.22. The molecule has 0 atom stereocenters. The molecule has 2 aromatic rings. The summed E-state index contributed by atoms with van der Waals surface area (Å²) < 4.78 is 25.2. The first kappa shape index (κ1) is 17.0. The van der Waals surface area contributed by atoms with E-state index in [1.54, 1.807) is 24.4 Å². The highest BCUT2D eigenvalue weighted by molar-refractivity contribution is 7.90. The number of hydrogen-bond donors (Lipinski definition) is 1. The average Bonchev–Trinajstić information content (AvgIpc) is 2.86. The van der Waals surface area contributed by atoms with Crippen LogP contribution in [0.5, 0.6) is 0 Å². The molecule has 0 unspecified atom stereocenters. The normalized spacial score (nSPS) is 12.0. The minimum absolute atomic E-state index is 0.160. The molecule has 0 aliphatic heterocycles. The van der Waals surface area contributed by atoms with Crippen molar-refractivity contribution in [2.75, 3.05) is 6.26 Å². The summed E-state index contributed by atoms with van der Waals surface area (Å²) in [5, 5.41) is 3.55. The number of benzene rings is 1. The lowest BCUT2D eigenvalue weighted by Crippen LogP contribution is -2.17. The van der Waals surface area contributed by atoms with Crippen molar-refractivity contribution < 1.29 is 8.42 Å². The van der Waals surface area contributed by atoms with Gasteiger partial charge in [0.1, 0.15) is 5.82 Å². The number of hydrogen-bond acceptors (Lipinski definition) is 4. The zero-order valence-corrected chi connectivity index (χ0v) is 14.4. The number of aromatic nitrogens is 2. The van der Waals surface area contributed by atoms with Crippen molar-refractivity contribution in [2.45, 2.75) is 37.9 Å². The van der Waals surface area contributed by atoms with E-state index in [2.05, 4.69) is 28.7 Å². The van der Waals surface area contributed by atoms with E-state index < -0.39 is 9.84 Å². The van der Waals surface area contributed by atoms with Gasteiger partial charge >= 0.3 is 0 Å². The van der Waals surface area contributed by atoms with Crippen molar-refractivity contribution in [1.82, 2.24) is 14.9 Å². The molecule has 0 fully saturated rings. The van der Waals surface area contributed by atoms with Crippen LogP contribution in [-0.2, 0) is 22.9 Å². The Bertz CT molecular complexity index is 754. The molecule has 0 bridgehead atoms. The van der Waals surface area contributed by atoms with Gasteiger partial charge in [0.25, 0.3) is 0 Å². The summed E-state index contributed by atoms with van der Waals surface area (Å²) in [6, 6.07) is 5.36. The van der Waals surface area contributed by atoms with Gasteiger partial charge in [0, 0.05) is 31.2 Å². The van der Waals surface area contributed by atoms with E-state index in [9.17, 15) is 8.42 Å². The molecule has 7 heteroatoms. The van der Waals surface area contributed by atoms with E-state index in [0.717, 1.165) is 17.6 Å². The average molecular weight is 342 g/mol. The third-order valence-electron chi connectivity index (χ3n) is 3.31. The van der Waals surface area contributed by atoms with Crippen LogP contribution in [0.3, 0.4) is 0 Å². The second-order valence-corrected chi connectivity index (χ2v) is 7.88. The van der Waals surface area contributed by atoms with E-state index >= 15 is 0 Å². The van der Waals surface area contributed by atoms with Gasteiger partial charge in [-0.1, -0.05) is 17.7 Å². The third-order valence-corrected chi connectivity index (χ3v) is 4.89. The minimum Gasteiger partial charge on any atom is -0.331 e. The Hall–Kier alpha value is -1.37. The number of sulfone groups is 1. The maximum atomic E-state index is 11.5. The Labute approximate surface area is 136 Å². The van der Waals surface area contributed by atoms with E-state index in [1.807, 2.05) is 6.20 Å². The first-order valence-corrected chi connectivity index (χ1v) is 9.27. The van der Waals surface area contributed by atoms with Crippen LogP contribution in [0.2, 0.25) is 5.02 Å². The van der Waals surface area contributed by atoms with Crippen LogP contribution >= 0.6 is 11.6 Å². The van der Waals surface area contributed by atoms with Crippen LogP contribution in [0.1, 0.15) is 31.3 Å². The molecule has 1 heterocycles. The summed E-state index contributed by atoms with van der Waals surface area (Å²) in [7, 11) is -3.29. The maximum absolute atomic E-state index is 11.5. The summed E-state index contributed by atoms with van der Waals surface area (Å²) in [6.45, 7) is 5.44. The van der Waals surface area contributed by atoms with Crippen molar-refractivity contribution in [3.05, 3.63) is 47.0 Å². The highest BCUT2D eigenvalue weighted by atomic mass is 35.5. The van der Waals surface area contributed by atoms with Gasteiger partial charge in [-0.25, -0.2) is 13.4 Å². The SMILES string of the molecule is CC(C)n1ccnc1CNCc1ccc(S(C)(=O)=O)c(Cl)c1. The zero-order chi connectivity index (χ0) is 16.3. The number of nitrogens with zero attached hydrogens (tertiary/aromatic N) is 2. The van der Waals surface area contributed by atoms with Crippen molar-refractivity contribution in [2.24, 2.45) is 0 Å². The lowest BCUT2D eigenvalue weighted by molar-refractivity contribution is 0.541. The topological polar surface area (TPSA) is 64.0 Å². The highest BCUT2D eigenvalue weighted by Gasteiger charge is 2.12. The Morgan fingerprint density at radius 2 is 2.05 bits per heavy atom. The molecule has 0 amide bonds. The predicted molar refractivity (Wildman–Crippen MR) is 87.7 cm³/mol. The largest absolute Gasteiger partial charge is 0.331 e. The molecule has 0 aliphatic rings. The van der Waals surface area contributed by atoms with Crippen molar-refractivity contribution in [3.8, 4) is 0 Å². The molecule has 22 heavy (non-hydrogen) atoms. The fourth-order valence-corrected chi connectivity index (χ4v) is 3.58. The van der Waals surface area contributed by atoms with Crippen LogP contribution < -0.4 is 5.32 Å². The van der Waals surface area contributed by atoms with Gasteiger partial charge in [0.2, 0.25) is 0 Å². The lowest BCUT2D eigenvalue weighted by Gasteiger charge is -2.12. The van der Waals surface area contributed by atoms with E-state index in [4.69, 9.17) is 11.6 Å². The number of rotatable bonds is 6. The molecular weight excluding hydrogens is 322 g/mol. The molecule has 1 aromatic carbocycles. The predicted octanol–water partition coefficient (Wildman–Crippen LogP) is 2.81. The molecule has 2 rings (SSSR count). The van der Waals surface area contributed by atoms with Crippen LogP contribution in [0, 0.1) is 0 Å². The van der Waals surface area contributed by atoms with Gasteiger partial charge in [-0.3, -0.25) is 0 Å². The quantitative estimate of drug-likeness (QED) is 0.877. The Balaban J connectivity index is 2.01. The Morgan fingerprint density at radius 1 is 1.32 bits per heavy atom. The molecule has 5 nitrogen and oxygen atoms in total. The summed E-state index contributed by atoms with van der Waals surface area (Å²) in [5.41, 5.74) is 0.931. The van der Waals surface area contributed by atoms with Gasteiger partial charge in [-0.2, -0.15) is 0 Å². The number of imidazole rings is 1. The monoisotopic (exact) mass is 341 g/mol. The number of halogens is 1. The molecule has 0 spiro atoms. The molecule has 0 saturated carbocycles. The van der Waals surface area contributed by atoms with Gasteiger partial charge in [-0.05, 0) is 31.5 Å². The molecular formula is C15H20ClN3O2S. The summed E-state index contributed by atoms with van der Waals surface area (Å²) >= 11 is 6.04. The fourth-order valence-electron chi connectivity index (χ4n) is 2.22. The van der Waals surface area contributed by atoms with E-state index in [-0.39, 0.29) is 9.92 Å². The van der Waals surface area contributed by atoms with E-state index in [1.165, 1.54) is 0 Å². The maximum Gasteiger partial charge on any atom is 0.176 e. The van der Waals surface area contributed by atoms with Crippen molar-refractivity contribution in [3.63, 3.8) is 0 Å². The fraction of sp³-hybridized carbons (Fsp3) is 0.400. The summed E-state index contributed by atoms with van der Waals surface area (Å²) in [4.78, 5) is 4.49. The minimum atomic E-state index is -3.29. The summed E-state index contributed by atoms with van der Waals surface area (Å²) in [6.07, 6.45) is 4.89. The second kappa shape index (κ2) is 6.81. The molecule has 0 radical (unpaired) electrons. The van der Waals surface area contributed by atoms with Crippen LogP contribution in [0.25, 0.3) is 0 Å². The third kappa shape index (κ3) is 4.09. The lowest BCUT2D eigenvalue weighted by atomic mass is 10.2. The van der Waals surface area contributed by atoms with Gasteiger partial charge < -0.3 is 9.88 Å². The molecule has 0 aliphatic carbocycles. The number of nitrogens with one attached hydrogen (secondary N) is 1. The molecule has 0 saturated heterocycles.